The number of hydrogen-bond acceptors (Lipinski definition) is 7. The molecule has 4 aromatic carbocycles. The van der Waals surface area contributed by atoms with Gasteiger partial charge in [0.25, 0.3) is 11.9 Å². The van der Waals surface area contributed by atoms with Gasteiger partial charge in [0.15, 0.2) is 0 Å². The van der Waals surface area contributed by atoms with Gasteiger partial charge < -0.3 is 28.4 Å². The van der Waals surface area contributed by atoms with E-state index in [0.29, 0.717) is 0 Å². The molecule has 1 saturated heterocycles. The van der Waals surface area contributed by atoms with E-state index in [9.17, 15) is 17.6 Å². The zero-order valence-corrected chi connectivity index (χ0v) is 26.9. The van der Waals surface area contributed by atoms with Crippen molar-refractivity contribution in [1.82, 2.24) is 4.98 Å². The van der Waals surface area contributed by atoms with E-state index in [4.69, 9.17) is 28.4 Å². The molecular formula is C39H35F4NO6. The summed E-state index contributed by atoms with van der Waals surface area (Å²) in [5, 5.41) is 0. The van der Waals surface area contributed by atoms with Crippen LogP contribution in [-0.4, -0.2) is 42.3 Å². The Hall–Kier alpha value is -4.65. The van der Waals surface area contributed by atoms with Crippen molar-refractivity contribution in [2.45, 2.75) is 57.1 Å². The molecule has 3 unspecified atom stereocenters. The summed E-state index contributed by atoms with van der Waals surface area (Å²) in [5.74, 6) is -8.74. The lowest BCUT2D eigenvalue weighted by Gasteiger charge is -2.45. The molecule has 50 heavy (non-hydrogen) atoms. The van der Waals surface area contributed by atoms with Crippen molar-refractivity contribution in [3.8, 4) is 5.75 Å². The molecule has 6 rings (SSSR count). The standard InChI is InChI=1S/C39H35F4NO6/c40-31-34(32(41)38(43)44-37(31)42)50-39-36(48-24-29-19-11-4-12-20-29)35(47-23-28-17-9-3-10-18-28)33(46-22-27-15-7-2-8-16-27)30(49-39)25-45-21-26-13-5-1-6-14-26/h1-20,30,33,35-36,39H,21-25H2/t30?,33-,35?,36?,39+/m0/s1. The Kier molecular flexibility index (Phi) is 12.2. The molecule has 11 heteroatoms. The second kappa shape index (κ2) is 17.3. The maximum absolute atomic E-state index is 15.0. The van der Waals surface area contributed by atoms with Crippen molar-refractivity contribution in [2.24, 2.45) is 0 Å². The van der Waals surface area contributed by atoms with Crippen molar-refractivity contribution in [2.75, 3.05) is 6.61 Å². The highest BCUT2D eigenvalue weighted by molar-refractivity contribution is 5.25. The number of ether oxygens (including phenoxy) is 6. The third-order valence-corrected chi connectivity index (χ3v) is 8.03. The molecular weight excluding hydrogens is 654 g/mol. The number of pyridine rings is 1. The summed E-state index contributed by atoms with van der Waals surface area (Å²) in [5.41, 5.74) is 3.35. The molecule has 1 aromatic heterocycles. The van der Waals surface area contributed by atoms with Gasteiger partial charge in [0.2, 0.25) is 23.7 Å². The van der Waals surface area contributed by atoms with Crippen LogP contribution in [0.15, 0.2) is 121 Å². The van der Waals surface area contributed by atoms with E-state index in [0.717, 1.165) is 22.3 Å². The molecule has 0 bridgehead atoms. The average Bonchev–Trinajstić information content (AvgIpc) is 3.15. The minimum atomic E-state index is -1.87. The van der Waals surface area contributed by atoms with Gasteiger partial charge in [0.05, 0.1) is 33.0 Å². The topological polar surface area (TPSA) is 68.3 Å². The predicted molar refractivity (Wildman–Crippen MR) is 175 cm³/mol. The Morgan fingerprint density at radius 1 is 0.500 bits per heavy atom. The smallest absolute Gasteiger partial charge is 0.255 e. The molecule has 7 nitrogen and oxygen atoms in total. The maximum Gasteiger partial charge on any atom is 0.255 e. The first kappa shape index (κ1) is 35.2. The van der Waals surface area contributed by atoms with Crippen LogP contribution in [0.5, 0.6) is 5.75 Å². The van der Waals surface area contributed by atoms with Crippen molar-refractivity contribution in [3.05, 3.63) is 167 Å². The van der Waals surface area contributed by atoms with Gasteiger partial charge in [0, 0.05) is 0 Å². The van der Waals surface area contributed by atoms with Gasteiger partial charge in [-0.3, -0.25) is 0 Å². The van der Waals surface area contributed by atoms with Crippen LogP contribution in [0.1, 0.15) is 22.3 Å². The number of aromatic nitrogens is 1. The monoisotopic (exact) mass is 689 g/mol. The molecule has 260 valence electrons. The summed E-state index contributed by atoms with van der Waals surface area (Å²) in [7, 11) is 0. The molecule has 0 saturated carbocycles. The molecule has 5 atom stereocenters. The third-order valence-electron chi connectivity index (χ3n) is 8.03. The Balaban J connectivity index is 1.37. The average molecular weight is 690 g/mol. The first-order chi connectivity index (χ1) is 24.5. The summed E-state index contributed by atoms with van der Waals surface area (Å²) in [4.78, 5) is 2.65. The number of benzene rings is 4. The fourth-order valence-electron chi connectivity index (χ4n) is 5.53. The SMILES string of the molecule is Fc1nc(F)c(F)c(O[C@H]2OC(COCc3ccccc3)[C@H](OCc3ccccc3)C(OCc3ccccc3)C2OCc2ccccc2)c1F. The maximum atomic E-state index is 15.0. The van der Waals surface area contributed by atoms with E-state index in [-0.39, 0.29) is 33.0 Å². The molecule has 1 fully saturated rings. The molecule has 0 amide bonds. The third kappa shape index (κ3) is 9.12. The number of nitrogens with zero attached hydrogens (tertiary/aromatic N) is 1. The highest BCUT2D eigenvalue weighted by atomic mass is 19.2. The van der Waals surface area contributed by atoms with Gasteiger partial charge in [-0.15, -0.1) is 0 Å². The van der Waals surface area contributed by atoms with Crippen molar-refractivity contribution >= 4 is 0 Å². The Morgan fingerprint density at radius 3 is 1.36 bits per heavy atom. The quantitative estimate of drug-likeness (QED) is 0.0824. The highest BCUT2D eigenvalue weighted by Crippen LogP contribution is 2.34. The number of halogens is 4. The van der Waals surface area contributed by atoms with Crippen molar-refractivity contribution in [1.29, 1.82) is 0 Å². The van der Waals surface area contributed by atoms with Crippen LogP contribution in [0.2, 0.25) is 0 Å². The summed E-state index contributed by atoms with van der Waals surface area (Å²) in [6.45, 7) is 0.383. The van der Waals surface area contributed by atoms with E-state index in [1.54, 1.807) is 0 Å². The minimum absolute atomic E-state index is 0.00450. The van der Waals surface area contributed by atoms with Crippen LogP contribution in [0.4, 0.5) is 17.6 Å². The van der Waals surface area contributed by atoms with Crippen LogP contribution >= 0.6 is 0 Å². The van der Waals surface area contributed by atoms with Crippen LogP contribution in [0, 0.1) is 23.5 Å². The molecule has 0 aliphatic carbocycles. The summed E-state index contributed by atoms with van der Waals surface area (Å²) >= 11 is 0. The van der Waals surface area contributed by atoms with Gasteiger partial charge in [-0.25, -0.2) is 0 Å². The molecule has 0 N–H and O–H groups in total. The summed E-state index contributed by atoms with van der Waals surface area (Å²) in [6, 6.07) is 37.4. The van der Waals surface area contributed by atoms with Gasteiger partial charge >= 0.3 is 0 Å². The summed E-state index contributed by atoms with van der Waals surface area (Å²) < 4.78 is 95.9. The predicted octanol–water partition coefficient (Wildman–Crippen LogP) is 7.71. The number of hydrogen-bond donors (Lipinski definition) is 0. The lowest BCUT2D eigenvalue weighted by atomic mass is 9.97. The van der Waals surface area contributed by atoms with Crippen LogP contribution in [-0.2, 0) is 50.1 Å². The van der Waals surface area contributed by atoms with E-state index >= 15 is 0 Å². The normalized spacial score (nSPS) is 20.4. The minimum Gasteiger partial charge on any atom is -0.455 e. The van der Waals surface area contributed by atoms with E-state index in [1.165, 1.54) is 0 Å². The van der Waals surface area contributed by atoms with Crippen LogP contribution < -0.4 is 4.74 Å². The lowest BCUT2D eigenvalue weighted by molar-refractivity contribution is -0.310. The van der Waals surface area contributed by atoms with Gasteiger partial charge in [-0.1, -0.05) is 121 Å². The van der Waals surface area contributed by atoms with Crippen LogP contribution in [0.25, 0.3) is 0 Å². The second-order valence-corrected chi connectivity index (χ2v) is 11.6. The van der Waals surface area contributed by atoms with E-state index in [2.05, 4.69) is 4.98 Å². The Labute approximate surface area is 287 Å². The van der Waals surface area contributed by atoms with E-state index in [1.807, 2.05) is 121 Å². The lowest BCUT2D eigenvalue weighted by Crippen LogP contribution is -2.62. The second-order valence-electron chi connectivity index (χ2n) is 11.6. The van der Waals surface area contributed by atoms with E-state index < -0.39 is 60.0 Å². The fourth-order valence-corrected chi connectivity index (χ4v) is 5.53. The van der Waals surface area contributed by atoms with Crippen molar-refractivity contribution in [3.63, 3.8) is 0 Å². The zero-order valence-electron chi connectivity index (χ0n) is 26.9. The highest BCUT2D eigenvalue weighted by Gasteiger charge is 2.50. The zero-order chi connectivity index (χ0) is 34.7. The number of rotatable bonds is 15. The Bertz CT molecular complexity index is 1750. The first-order valence-electron chi connectivity index (χ1n) is 16.1. The fraction of sp³-hybridized carbons (Fsp3) is 0.256. The largest absolute Gasteiger partial charge is 0.455 e. The molecule has 5 aromatic rings. The molecule has 0 spiro atoms. The van der Waals surface area contributed by atoms with Gasteiger partial charge in [0.1, 0.15) is 24.4 Å². The summed E-state index contributed by atoms with van der Waals surface area (Å²) in [6.07, 6.45) is -5.73. The van der Waals surface area contributed by atoms with Crippen molar-refractivity contribution < 1.29 is 46.0 Å². The molecule has 1 aliphatic heterocycles. The molecule has 2 heterocycles. The molecule has 1 aliphatic rings. The Morgan fingerprint density at radius 2 is 0.900 bits per heavy atom. The molecule has 0 radical (unpaired) electrons. The van der Waals surface area contributed by atoms with Gasteiger partial charge in [-0.2, -0.15) is 22.5 Å². The van der Waals surface area contributed by atoms with Crippen LogP contribution in [0.3, 0.4) is 0 Å². The van der Waals surface area contributed by atoms with Gasteiger partial charge in [-0.05, 0) is 22.3 Å². The first-order valence-corrected chi connectivity index (χ1v) is 16.1.